The van der Waals surface area contributed by atoms with Crippen LogP contribution in [0.3, 0.4) is 0 Å². The van der Waals surface area contributed by atoms with Gasteiger partial charge in [0.05, 0.1) is 0 Å². The third-order valence-corrected chi connectivity index (χ3v) is 1.84. The minimum atomic E-state index is -0.914. The fraction of sp³-hybridized carbons (Fsp3) is 0.588. The van der Waals surface area contributed by atoms with Gasteiger partial charge < -0.3 is 20.4 Å². The first kappa shape index (κ1) is 29.8. The van der Waals surface area contributed by atoms with Crippen LogP contribution in [0.2, 0.25) is 0 Å². The Morgan fingerprint density at radius 1 is 0.875 bits per heavy atom. The van der Waals surface area contributed by atoms with E-state index in [1.54, 1.807) is 26.0 Å². The standard InChI is InChI=1S/C6H12O2.C6H8O2.C3H6O2.C2H6O/c2*1-2-3-4-5-6(7)8;1-2-3(4)5;1-2-3/h2-5H2,1H3,(H,7,8);2-5H,1H3,(H,7,8);2H2,1H3,(H,4,5);3H,2H2,1H3/b;3-2+,5-4+;;. The van der Waals surface area contributed by atoms with Crippen molar-refractivity contribution in [2.75, 3.05) is 6.61 Å². The Hall–Kier alpha value is -2.15. The van der Waals surface area contributed by atoms with E-state index in [0.29, 0.717) is 6.42 Å². The molecule has 0 aromatic rings. The Kier molecular flexibility index (Phi) is 35.9. The van der Waals surface area contributed by atoms with Gasteiger partial charge in [-0.2, -0.15) is 0 Å². The van der Waals surface area contributed by atoms with Crippen LogP contribution in [-0.4, -0.2) is 44.9 Å². The third-order valence-electron chi connectivity index (χ3n) is 1.84. The highest BCUT2D eigenvalue weighted by molar-refractivity contribution is 5.80. The molecule has 0 amide bonds. The van der Waals surface area contributed by atoms with Crippen molar-refractivity contribution in [1.82, 2.24) is 0 Å². The van der Waals surface area contributed by atoms with Gasteiger partial charge in [-0.1, -0.05) is 44.9 Å². The van der Waals surface area contributed by atoms with Crippen LogP contribution in [0.1, 0.15) is 59.8 Å². The first-order valence-electron chi connectivity index (χ1n) is 7.79. The van der Waals surface area contributed by atoms with E-state index in [1.165, 1.54) is 6.08 Å². The van der Waals surface area contributed by atoms with Gasteiger partial charge in [0.1, 0.15) is 0 Å². The van der Waals surface area contributed by atoms with Gasteiger partial charge in [0.2, 0.25) is 0 Å². The van der Waals surface area contributed by atoms with Crippen molar-refractivity contribution in [3.05, 3.63) is 24.3 Å². The normalized spacial score (nSPS) is 9.04. The average molecular weight is 348 g/mol. The summed E-state index contributed by atoms with van der Waals surface area (Å²) < 4.78 is 0. The largest absolute Gasteiger partial charge is 0.481 e. The van der Waals surface area contributed by atoms with Gasteiger partial charge in [0, 0.05) is 25.5 Å². The molecule has 0 aliphatic rings. The SMILES string of the molecule is C/C=C/C=C/C(=O)O.CCC(=O)O.CCCCCC(=O)O.CCO. The van der Waals surface area contributed by atoms with Crippen LogP contribution in [0.5, 0.6) is 0 Å². The van der Waals surface area contributed by atoms with Crippen molar-refractivity contribution in [3.63, 3.8) is 0 Å². The lowest BCUT2D eigenvalue weighted by Crippen LogP contribution is -1.92. The molecular formula is C17H32O7. The first-order valence-corrected chi connectivity index (χ1v) is 7.79. The number of hydrogen-bond donors (Lipinski definition) is 4. The van der Waals surface area contributed by atoms with Crippen molar-refractivity contribution in [2.24, 2.45) is 0 Å². The fourth-order valence-corrected chi connectivity index (χ4v) is 0.775. The van der Waals surface area contributed by atoms with Crippen LogP contribution < -0.4 is 0 Å². The van der Waals surface area contributed by atoms with Crippen LogP contribution >= 0.6 is 0 Å². The summed E-state index contributed by atoms with van der Waals surface area (Å²) in [6.45, 7) is 7.41. The van der Waals surface area contributed by atoms with E-state index >= 15 is 0 Å². The summed E-state index contributed by atoms with van der Waals surface area (Å²) in [4.78, 5) is 29.0. The van der Waals surface area contributed by atoms with Crippen LogP contribution in [-0.2, 0) is 14.4 Å². The predicted molar refractivity (Wildman–Crippen MR) is 94.1 cm³/mol. The second-order valence-electron chi connectivity index (χ2n) is 4.14. The monoisotopic (exact) mass is 348 g/mol. The molecule has 0 bridgehead atoms. The molecule has 142 valence electrons. The summed E-state index contributed by atoms with van der Waals surface area (Å²) in [6.07, 6.45) is 9.48. The van der Waals surface area contributed by atoms with Gasteiger partial charge in [-0.3, -0.25) is 9.59 Å². The summed E-state index contributed by atoms with van der Waals surface area (Å²) in [5.74, 6) is -2.34. The molecule has 7 heteroatoms. The van der Waals surface area contributed by atoms with Gasteiger partial charge in [0.15, 0.2) is 0 Å². The summed E-state index contributed by atoms with van der Waals surface area (Å²) in [6, 6.07) is 0. The number of aliphatic hydroxyl groups is 1. The van der Waals surface area contributed by atoms with Gasteiger partial charge in [-0.05, 0) is 20.3 Å². The maximum Gasteiger partial charge on any atom is 0.328 e. The van der Waals surface area contributed by atoms with E-state index in [1.807, 2.05) is 6.92 Å². The smallest absolute Gasteiger partial charge is 0.328 e. The molecule has 0 radical (unpaired) electrons. The van der Waals surface area contributed by atoms with E-state index in [2.05, 4.69) is 6.92 Å². The Labute approximate surface area is 144 Å². The van der Waals surface area contributed by atoms with Gasteiger partial charge >= 0.3 is 17.9 Å². The van der Waals surface area contributed by atoms with Crippen LogP contribution in [0.15, 0.2) is 24.3 Å². The van der Waals surface area contributed by atoms with Crippen molar-refractivity contribution in [3.8, 4) is 0 Å². The predicted octanol–water partition coefficient (Wildman–Crippen LogP) is 3.33. The van der Waals surface area contributed by atoms with E-state index in [4.69, 9.17) is 20.4 Å². The van der Waals surface area contributed by atoms with E-state index < -0.39 is 17.9 Å². The molecule has 0 rings (SSSR count). The second kappa shape index (κ2) is 28.9. The van der Waals surface area contributed by atoms with Crippen molar-refractivity contribution >= 4 is 17.9 Å². The summed E-state index contributed by atoms with van der Waals surface area (Å²) >= 11 is 0. The fourth-order valence-electron chi connectivity index (χ4n) is 0.775. The Balaban J connectivity index is -0.000000118. The van der Waals surface area contributed by atoms with Crippen LogP contribution in [0.4, 0.5) is 0 Å². The number of carboxylic acid groups (broad SMARTS) is 3. The number of carboxylic acids is 3. The highest BCUT2D eigenvalue weighted by atomic mass is 16.4. The molecule has 0 aliphatic heterocycles. The summed E-state index contributed by atoms with van der Waals surface area (Å²) in [5.41, 5.74) is 0. The second-order valence-corrected chi connectivity index (χ2v) is 4.14. The highest BCUT2D eigenvalue weighted by Crippen LogP contribution is 1.97. The van der Waals surface area contributed by atoms with Crippen molar-refractivity contribution in [2.45, 2.75) is 59.8 Å². The van der Waals surface area contributed by atoms with Crippen molar-refractivity contribution < 1.29 is 34.8 Å². The molecule has 0 aromatic carbocycles. The lowest BCUT2D eigenvalue weighted by Gasteiger charge is -1.89. The zero-order valence-electron chi connectivity index (χ0n) is 15.1. The maximum absolute atomic E-state index is 9.87. The van der Waals surface area contributed by atoms with Gasteiger partial charge in [-0.15, -0.1) is 0 Å². The molecular weight excluding hydrogens is 316 g/mol. The quantitative estimate of drug-likeness (QED) is 0.315. The topological polar surface area (TPSA) is 132 Å². The average Bonchev–Trinajstić information content (AvgIpc) is 2.49. The molecule has 24 heavy (non-hydrogen) atoms. The van der Waals surface area contributed by atoms with E-state index in [-0.39, 0.29) is 13.0 Å². The molecule has 0 aromatic heterocycles. The number of allylic oxidation sites excluding steroid dienone is 3. The number of carbonyl (C=O) groups is 3. The Morgan fingerprint density at radius 2 is 1.33 bits per heavy atom. The minimum absolute atomic E-state index is 0.222. The number of hydrogen-bond acceptors (Lipinski definition) is 4. The van der Waals surface area contributed by atoms with E-state index in [9.17, 15) is 14.4 Å². The highest BCUT2D eigenvalue weighted by Gasteiger charge is 1.92. The molecule has 0 spiro atoms. The summed E-state index contributed by atoms with van der Waals surface area (Å²) in [5, 5.41) is 31.5. The van der Waals surface area contributed by atoms with Crippen LogP contribution in [0.25, 0.3) is 0 Å². The molecule has 0 saturated carbocycles. The van der Waals surface area contributed by atoms with Crippen LogP contribution in [0, 0.1) is 0 Å². The molecule has 7 nitrogen and oxygen atoms in total. The molecule has 0 fully saturated rings. The van der Waals surface area contributed by atoms with Gasteiger partial charge in [0.25, 0.3) is 0 Å². The molecule has 4 N–H and O–H groups in total. The third kappa shape index (κ3) is 72.7. The maximum atomic E-state index is 9.87. The molecule has 0 unspecified atom stereocenters. The molecule has 0 saturated heterocycles. The summed E-state index contributed by atoms with van der Waals surface area (Å²) in [7, 11) is 0. The number of rotatable bonds is 7. The zero-order chi connectivity index (χ0) is 19.8. The van der Waals surface area contributed by atoms with E-state index in [0.717, 1.165) is 25.3 Å². The Morgan fingerprint density at radius 3 is 1.58 bits per heavy atom. The minimum Gasteiger partial charge on any atom is -0.481 e. The first-order chi connectivity index (χ1) is 11.2. The molecule has 0 heterocycles. The molecule has 0 aliphatic carbocycles. The van der Waals surface area contributed by atoms with Gasteiger partial charge in [-0.25, -0.2) is 4.79 Å². The number of aliphatic carboxylic acids is 3. The van der Waals surface area contributed by atoms with Crippen molar-refractivity contribution in [1.29, 1.82) is 0 Å². The molecule has 0 atom stereocenters. The number of unbranched alkanes of at least 4 members (excludes halogenated alkanes) is 2. The zero-order valence-corrected chi connectivity index (χ0v) is 15.1. The Bertz CT molecular complexity index is 347. The lowest BCUT2D eigenvalue weighted by molar-refractivity contribution is -0.137. The number of aliphatic hydroxyl groups excluding tert-OH is 1. The lowest BCUT2D eigenvalue weighted by atomic mass is 10.2.